The van der Waals surface area contributed by atoms with Crippen LogP contribution in [0.5, 0.6) is 5.75 Å². The topological polar surface area (TPSA) is 73.2 Å². The first-order chi connectivity index (χ1) is 14.5. The molecule has 1 N–H and O–H groups in total. The van der Waals surface area contributed by atoms with E-state index in [-0.39, 0.29) is 18.0 Å². The number of halogens is 1. The van der Waals surface area contributed by atoms with Gasteiger partial charge in [-0.05, 0) is 30.7 Å². The molecule has 0 radical (unpaired) electrons. The van der Waals surface area contributed by atoms with Gasteiger partial charge < -0.3 is 10.1 Å². The molecule has 6 nitrogen and oxygen atoms in total. The second-order valence-electron chi connectivity index (χ2n) is 6.77. The monoisotopic (exact) mass is 439 g/mol. The Morgan fingerprint density at radius 2 is 2.00 bits per heavy atom. The number of rotatable bonds is 5. The van der Waals surface area contributed by atoms with Crippen molar-refractivity contribution in [1.29, 1.82) is 0 Å². The minimum absolute atomic E-state index is 0.180. The number of hydrogen-bond donors (Lipinski definition) is 1. The summed E-state index contributed by atoms with van der Waals surface area (Å²) in [6.45, 7) is 1.83. The average Bonchev–Trinajstić information content (AvgIpc) is 3.16. The van der Waals surface area contributed by atoms with Crippen molar-refractivity contribution < 1.29 is 9.53 Å². The van der Waals surface area contributed by atoms with E-state index in [0.717, 1.165) is 16.7 Å². The smallest absolute Gasteiger partial charge is 0.263 e. The van der Waals surface area contributed by atoms with E-state index in [4.69, 9.17) is 16.3 Å². The van der Waals surface area contributed by atoms with Gasteiger partial charge in [0.25, 0.3) is 5.56 Å². The van der Waals surface area contributed by atoms with Crippen molar-refractivity contribution in [1.82, 2.24) is 9.55 Å². The van der Waals surface area contributed by atoms with Crippen LogP contribution in [-0.2, 0) is 11.3 Å². The van der Waals surface area contributed by atoms with Crippen LogP contribution >= 0.6 is 22.9 Å². The van der Waals surface area contributed by atoms with Crippen molar-refractivity contribution in [2.75, 3.05) is 12.4 Å². The first-order valence-corrected chi connectivity index (χ1v) is 10.4. The highest BCUT2D eigenvalue weighted by Crippen LogP contribution is 2.31. The summed E-state index contributed by atoms with van der Waals surface area (Å²) in [5.74, 6) is 0.0964. The molecule has 1 amide bonds. The number of hydrogen-bond acceptors (Lipinski definition) is 5. The largest absolute Gasteiger partial charge is 0.495 e. The third-order valence-electron chi connectivity index (χ3n) is 4.67. The second kappa shape index (κ2) is 8.30. The summed E-state index contributed by atoms with van der Waals surface area (Å²) in [5.41, 5.74) is 3.08. The first kappa shape index (κ1) is 20.1. The third-order valence-corrected chi connectivity index (χ3v) is 5.79. The van der Waals surface area contributed by atoms with Crippen molar-refractivity contribution >= 4 is 44.7 Å². The highest BCUT2D eigenvalue weighted by atomic mass is 35.5. The predicted molar refractivity (Wildman–Crippen MR) is 121 cm³/mol. The Morgan fingerprint density at radius 3 is 2.73 bits per heavy atom. The van der Waals surface area contributed by atoms with Crippen molar-refractivity contribution in [3.8, 4) is 16.9 Å². The molecule has 8 heteroatoms. The van der Waals surface area contributed by atoms with E-state index in [2.05, 4.69) is 10.3 Å². The standard InChI is InChI=1S/C22H18ClN3O3S/c1-13-3-5-14(6-4-13)16-11-30-21-20(16)22(28)26(12-24-21)10-19(27)25-17-9-15(23)7-8-18(17)29-2/h3-9,11-12H,10H2,1-2H3,(H,25,27). The molecule has 4 rings (SSSR count). The zero-order valence-electron chi connectivity index (χ0n) is 16.3. The number of benzene rings is 2. The second-order valence-corrected chi connectivity index (χ2v) is 8.06. The molecule has 0 fully saturated rings. The molecular weight excluding hydrogens is 422 g/mol. The van der Waals surface area contributed by atoms with Crippen LogP contribution in [0.15, 0.2) is 59.0 Å². The number of anilines is 1. The number of thiophene rings is 1. The lowest BCUT2D eigenvalue weighted by molar-refractivity contribution is -0.116. The van der Waals surface area contributed by atoms with E-state index in [1.165, 1.54) is 29.3 Å². The predicted octanol–water partition coefficient (Wildman–Crippen LogP) is 4.73. The van der Waals surface area contributed by atoms with Crippen LogP contribution < -0.4 is 15.6 Å². The molecule has 0 atom stereocenters. The summed E-state index contributed by atoms with van der Waals surface area (Å²) in [6.07, 6.45) is 1.40. The maximum atomic E-state index is 13.1. The number of ether oxygens (including phenoxy) is 1. The fourth-order valence-electron chi connectivity index (χ4n) is 3.15. The lowest BCUT2D eigenvalue weighted by Gasteiger charge is -2.11. The number of aryl methyl sites for hydroxylation is 1. The fraction of sp³-hybridized carbons (Fsp3) is 0.136. The number of aromatic nitrogens is 2. The molecule has 4 aromatic rings. The van der Waals surface area contributed by atoms with Crippen LogP contribution in [0.4, 0.5) is 5.69 Å². The SMILES string of the molecule is COc1ccc(Cl)cc1NC(=O)Cn1cnc2scc(-c3ccc(C)cc3)c2c1=O. The zero-order chi connectivity index (χ0) is 21.3. The molecule has 0 saturated carbocycles. The number of nitrogens with one attached hydrogen (secondary N) is 1. The zero-order valence-corrected chi connectivity index (χ0v) is 17.9. The molecule has 0 aliphatic rings. The van der Waals surface area contributed by atoms with E-state index in [1.807, 2.05) is 36.6 Å². The van der Waals surface area contributed by atoms with Gasteiger partial charge in [0.2, 0.25) is 5.91 Å². The Bertz CT molecular complexity index is 1300. The van der Waals surface area contributed by atoms with Gasteiger partial charge in [-0.1, -0.05) is 41.4 Å². The van der Waals surface area contributed by atoms with Gasteiger partial charge in [-0.15, -0.1) is 11.3 Å². The van der Waals surface area contributed by atoms with Crippen LogP contribution in [0, 0.1) is 6.92 Å². The van der Waals surface area contributed by atoms with Gasteiger partial charge in [-0.3, -0.25) is 14.2 Å². The Balaban J connectivity index is 1.65. The van der Waals surface area contributed by atoms with Crippen LogP contribution in [0.3, 0.4) is 0 Å². The van der Waals surface area contributed by atoms with E-state index in [0.29, 0.717) is 26.7 Å². The number of methoxy groups -OCH3 is 1. The van der Waals surface area contributed by atoms with E-state index < -0.39 is 0 Å². The van der Waals surface area contributed by atoms with Gasteiger partial charge in [-0.25, -0.2) is 4.98 Å². The minimum atomic E-state index is -0.383. The summed E-state index contributed by atoms with van der Waals surface area (Å²) < 4.78 is 6.55. The van der Waals surface area contributed by atoms with Gasteiger partial charge in [0.05, 0.1) is 24.5 Å². The van der Waals surface area contributed by atoms with Crippen LogP contribution in [0.25, 0.3) is 21.3 Å². The minimum Gasteiger partial charge on any atom is -0.495 e. The van der Waals surface area contributed by atoms with Crippen molar-refractivity contribution in [3.63, 3.8) is 0 Å². The fourth-order valence-corrected chi connectivity index (χ4v) is 4.23. The summed E-state index contributed by atoms with van der Waals surface area (Å²) in [7, 11) is 1.50. The number of amides is 1. The van der Waals surface area contributed by atoms with Gasteiger partial charge in [-0.2, -0.15) is 0 Å². The summed E-state index contributed by atoms with van der Waals surface area (Å²) >= 11 is 7.42. The molecule has 2 aromatic carbocycles. The molecule has 0 unspecified atom stereocenters. The Morgan fingerprint density at radius 1 is 1.23 bits per heavy atom. The number of fused-ring (bicyclic) bond motifs is 1. The van der Waals surface area contributed by atoms with E-state index >= 15 is 0 Å². The Kier molecular flexibility index (Phi) is 5.57. The number of carbonyl (C=O) groups is 1. The quantitative estimate of drug-likeness (QED) is 0.487. The molecule has 0 spiro atoms. The Labute approximate surface area is 181 Å². The van der Waals surface area contributed by atoms with Gasteiger partial charge >= 0.3 is 0 Å². The van der Waals surface area contributed by atoms with Gasteiger partial charge in [0.1, 0.15) is 17.1 Å². The van der Waals surface area contributed by atoms with Crippen LogP contribution in [0.1, 0.15) is 5.56 Å². The molecule has 152 valence electrons. The molecule has 2 aromatic heterocycles. The molecule has 0 aliphatic heterocycles. The summed E-state index contributed by atoms with van der Waals surface area (Å²) in [4.78, 5) is 30.7. The van der Waals surface area contributed by atoms with E-state index in [9.17, 15) is 9.59 Å². The molecule has 0 aliphatic carbocycles. The van der Waals surface area contributed by atoms with E-state index in [1.54, 1.807) is 18.2 Å². The lowest BCUT2D eigenvalue weighted by atomic mass is 10.1. The summed E-state index contributed by atoms with van der Waals surface area (Å²) in [6, 6.07) is 12.9. The van der Waals surface area contributed by atoms with Crippen molar-refractivity contribution in [3.05, 3.63) is 75.1 Å². The number of nitrogens with zero attached hydrogens (tertiary/aromatic N) is 2. The summed E-state index contributed by atoms with van der Waals surface area (Å²) in [5, 5.41) is 5.64. The van der Waals surface area contributed by atoms with Crippen LogP contribution in [-0.4, -0.2) is 22.6 Å². The highest BCUT2D eigenvalue weighted by Gasteiger charge is 2.15. The maximum absolute atomic E-state index is 13.1. The van der Waals surface area contributed by atoms with Crippen molar-refractivity contribution in [2.24, 2.45) is 0 Å². The third kappa shape index (κ3) is 3.94. The van der Waals surface area contributed by atoms with Gasteiger partial charge in [0, 0.05) is 16.0 Å². The number of carbonyl (C=O) groups excluding carboxylic acids is 1. The van der Waals surface area contributed by atoms with Gasteiger partial charge in [0.15, 0.2) is 0 Å². The lowest BCUT2D eigenvalue weighted by Crippen LogP contribution is -2.28. The molecule has 0 saturated heterocycles. The molecule has 2 heterocycles. The average molecular weight is 440 g/mol. The molecule has 0 bridgehead atoms. The van der Waals surface area contributed by atoms with Crippen LogP contribution in [0.2, 0.25) is 5.02 Å². The molecule has 30 heavy (non-hydrogen) atoms. The first-order valence-electron chi connectivity index (χ1n) is 9.13. The highest BCUT2D eigenvalue weighted by molar-refractivity contribution is 7.17. The Hall–Kier alpha value is -3.16. The maximum Gasteiger partial charge on any atom is 0.263 e. The normalized spacial score (nSPS) is 10.9. The van der Waals surface area contributed by atoms with Crippen molar-refractivity contribution in [2.45, 2.75) is 13.5 Å². The molecular formula is C22H18ClN3O3S.